The molecule has 0 aliphatic rings. The third kappa shape index (κ3) is 9.58. The molecule has 0 saturated carbocycles. The summed E-state index contributed by atoms with van der Waals surface area (Å²) < 4.78 is 4.82. The minimum atomic E-state index is -0.169. The number of ether oxygens (including phenoxy) is 1. The zero-order chi connectivity index (χ0) is 13.1. The zero-order valence-electron chi connectivity index (χ0n) is 10.7. The van der Waals surface area contributed by atoms with Crippen molar-refractivity contribution < 1.29 is 14.3 Å². The molecule has 0 fully saturated rings. The highest BCUT2D eigenvalue weighted by Gasteiger charge is 2.02. The molecule has 3 N–H and O–H groups in total. The third-order valence-electron chi connectivity index (χ3n) is 1.90. The molecule has 0 aliphatic heterocycles. The zero-order valence-corrected chi connectivity index (χ0v) is 10.7. The molecular formula is C10H22N4O3. The second-order valence-corrected chi connectivity index (χ2v) is 3.65. The second-order valence-electron chi connectivity index (χ2n) is 3.65. The van der Waals surface area contributed by atoms with E-state index in [0.717, 1.165) is 0 Å². The monoisotopic (exact) mass is 246 g/mol. The maximum Gasteiger partial charge on any atom is 0.316 e. The predicted molar refractivity (Wildman–Crippen MR) is 64.8 cm³/mol. The Hall–Kier alpha value is -1.34. The summed E-state index contributed by atoms with van der Waals surface area (Å²) in [5, 5.41) is 8.25. The number of amides is 3. The topological polar surface area (TPSA) is 82.7 Å². The SMILES string of the molecule is COCCNCC(=O)NCCNC(=O)N(C)C. The van der Waals surface area contributed by atoms with Crippen LogP contribution in [-0.2, 0) is 9.53 Å². The first-order chi connectivity index (χ1) is 8.07. The highest BCUT2D eigenvalue weighted by Crippen LogP contribution is 1.75. The van der Waals surface area contributed by atoms with Crippen LogP contribution in [0, 0.1) is 0 Å². The second kappa shape index (κ2) is 9.86. The van der Waals surface area contributed by atoms with Crippen molar-refractivity contribution in [1.29, 1.82) is 0 Å². The molecule has 0 spiro atoms. The lowest BCUT2D eigenvalue weighted by Crippen LogP contribution is -2.41. The third-order valence-corrected chi connectivity index (χ3v) is 1.90. The molecule has 0 bridgehead atoms. The van der Waals surface area contributed by atoms with Crippen LogP contribution in [0.25, 0.3) is 0 Å². The number of nitrogens with one attached hydrogen (secondary N) is 3. The van der Waals surface area contributed by atoms with Gasteiger partial charge in [-0.2, -0.15) is 0 Å². The molecule has 17 heavy (non-hydrogen) atoms. The van der Waals surface area contributed by atoms with Gasteiger partial charge in [-0.1, -0.05) is 0 Å². The van der Waals surface area contributed by atoms with Crippen molar-refractivity contribution in [2.24, 2.45) is 0 Å². The van der Waals surface area contributed by atoms with Crippen molar-refractivity contribution in [2.45, 2.75) is 0 Å². The molecule has 3 amide bonds. The van der Waals surface area contributed by atoms with E-state index in [-0.39, 0.29) is 18.5 Å². The summed E-state index contributed by atoms with van der Waals surface area (Å²) in [6.45, 7) is 2.31. The van der Waals surface area contributed by atoms with E-state index < -0.39 is 0 Å². The van der Waals surface area contributed by atoms with Gasteiger partial charge in [0.15, 0.2) is 0 Å². The minimum absolute atomic E-state index is 0.0970. The first kappa shape index (κ1) is 15.7. The van der Waals surface area contributed by atoms with Gasteiger partial charge in [0.2, 0.25) is 5.91 Å². The van der Waals surface area contributed by atoms with E-state index in [0.29, 0.717) is 26.2 Å². The lowest BCUT2D eigenvalue weighted by molar-refractivity contribution is -0.120. The van der Waals surface area contributed by atoms with Gasteiger partial charge in [-0.25, -0.2) is 4.79 Å². The number of carbonyl (C=O) groups excluding carboxylic acids is 2. The average molecular weight is 246 g/mol. The van der Waals surface area contributed by atoms with Gasteiger partial charge >= 0.3 is 6.03 Å². The molecular weight excluding hydrogens is 224 g/mol. The van der Waals surface area contributed by atoms with E-state index in [1.165, 1.54) is 4.90 Å². The summed E-state index contributed by atoms with van der Waals surface area (Å²) >= 11 is 0. The number of hydrogen-bond acceptors (Lipinski definition) is 4. The highest BCUT2D eigenvalue weighted by molar-refractivity contribution is 5.78. The lowest BCUT2D eigenvalue weighted by atomic mass is 10.5. The van der Waals surface area contributed by atoms with Gasteiger partial charge in [0.05, 0.1) is 13.2 Å². The summed E-state index contributed by atoms with van der Waals surface area (Å²) in [4.78, 5) is 23.8. The fraction of sp³-hybridized carbons (Fsp3) is 0.800. The molecule has 0 atom stereocenters. The van der Waals surface area contributed by atoms with Gasteiger partial charge in [-0.15, -0.1) is 0 Å². The van der Waals surface area contributed by atoms with E-state index in [2.05, 4.69) is 16.0 Å². The Bertz CT molecular complexity index is 234. The van der Waals surface area contributed by atoms with Gasteiger partial charge in [0.25, 0.3) is 0 Å². The molecule has 0 saturated heterocycles. The van der Waals surface area contributed by atoms with Crippen molar-refractivity contribution >= 4 is 11.9 Å². The fourth-order valence-corrected chi connectivity index (χ4v) is 0.968. The van der Waals surface area contributed by atoms with Crippen LogP contribution in [0.5, 0.6) is 0 Å². The molecule has 7 heteroatoms. The van der Waals surface area contributed by atoms with Gasteiger partial charge in [-0.3, -0.25) is 4.79 Å². The van der Waals surface area contributed by atoms with Crippen molar-refractivity contribution in [3.05, 3.63) is 0 Å². The predicted octanol–water partition coefficient (Wildman–Crippen LogP) is -1.39. The number of carbonyl (C=O) groups is 2. The van der Waals surface area contributed by atoms with Crippen molar-refractivity contribution in [2.75, 3.05) is 54.0 Å². The minimum Gasteiger partial charge on any atom is -0.383 e. The maximum atomic E-state index is 11.2. The summed E-state index contributed by atoms with van der Waals surface area (Å²) in [6.07, 6.45) is 0. The van der Waals surface area contributed by atoms with Crippen molar-refractivity contribution in [1.82, 2.24) is 20.9 Å². The summed E-state index contributed by atoms with van der Waals surface area (Å²) in [6, 6.07) is -0.169. The van der Waals surface area contributed by atoms with Crippen LogP contribution in [0.2, 0.25) is 0 Å². The molecule has 0 aromatic heterocycles. The van der Waals surface area contributed by atoms with Crippen molar-refractivity contribution in [3.63, 3.8) is 0 Å². The van der Waals surface area contributed by atoms with E-state index in [4.69, 9.17) is 4.74 Å². The van der Waals surface area contributed by atoms with E-state index >= 15 is 0 Å². The van der Waals surface area contributed by atoms with E-state index in [1.807, 2.05) is 0 Å². The summed E-state index contributed by atoms with van der Waals surface area (Å²) in [7, 11) is 4.93. The Labute approximate surface area is 102 Å². The summed E-state index contributed by atoms with van der Waals surface area (Å²) in [5.74, 6) is -0.0970. The van der Waals surface area contributed by atoms with Crippen LogP contribution in [0.15, 0.2) is 0 Å². The fourth-order valence-electron chi connectivity index (χ4n) is 0.968. The normalized spacial score (nSPS) is 9.82. The van der Waals surface area contributed by atoms with E-state index in [9.17, 15) is 9.59 Å². The Kier molecular flexibility index (Phi) is 9.08. The van der Waals surface area contributed by atoms with Crippen LogP contribution in [0.1, 0.15) is 0 Å². The molecule has 0 radical (unpaired) electrons. The molecule has 7 nitrogen and oxygen atoms in total. The standard InChI is InChI=1S/C10H22N4O3/c1-14(2)10(16)13-5-4-12-9(15)8-11-6-7-17-3/h11H,4-8H2,1-3H3,(H,12,15)(H,13,16). The van der Waals surface area contributed by atoms with Crippen LogP contribution in [-0.4, -0.2) is 70.8 Å². The Morgan fingerprint density at radius 2 is 1.76 bits per heavy atom. The quantitative estimate of drug-likeness (QED) is 0.461. The largest absolute Gasteiger partial charge is 0.383 e. The number of methoxy groups -OCH3 is 1. The Morgan fingerprint density at radius 1 is 1.12 bits per heavy atom. The van der Waals surface area contributed by atoms with E-state index in [1.54, 1.807) is 21.2 Å². The first-order valence-electron chi connectivity index (χ1n) is 5.49. The lowest BCUT2D eigenvalue weighted by Gasteiger charge is -2.12. The number of urea groups is 1. The average Bonchev–Trinajstić information content (AvgIpc) is 2.29. The van der Waals surface area contributed by atoms with Gasteiger partial charge < -0.3 is 25.6 Å². The molecule has 0 aromatic rings. The maximum absolute atomic E-state index is 11.2. The molecule has 0 aliphatic carbocycles. The van der Waals surface area contributed by atoms with Crippen LogP contribution >= 0.6 is 0 Å². The van der Waals surface area contributed by atoms with Crippen molar-refractivity contribution in [3.8, 4) is 0 Å². The number of rotatable bonds is 8. The smallest absolute Gasteiger partial charge is 0.316 e. The molecule has 0 rings (SSSR count). The van der Waals surface area contributed by atoms with Gasteiger partial charge in [-0.05, 0) is 0 Å². The number of nitrogens with zero attached hydrogens (tertiary/aromatic N) is 1. The van der Waals surface area contributed by atoms with Crippen LogP contribution < -0.4 is 16.0 Å². The first-order valence-corrected chi connectivity index (χ1v) is 5.49. The molecule has 0 heterocycles. The van der Waals surface area contributed by atoms with Crippen LogP contribution in [0.4, 0.5) is 4.79 Å². The summed E-state index contributed by atoms with van der Waals surface area (Å²) in [5.41, 5.74) is 0. The van der Waals surface area contributed by atoms with Crippen LogP contribution in [0.3, 0.4) is 0 Å². The van der Waals surface area contributed by atoms with Gasteiger partial charge in [0.1, 0.15) is 0 Å². The highest BCUT2D eigenvalue weighted by atomic mass is 16.5. The Balaban J connectivity index is 3.36. The molecule has 100 valence electrons. The Morgan fingerprint density at radius 3 is 2.35 bits per heavy atom. The molecule has 0 aromatic carbocycles. The van der Waals surface area contributed by atoms with Gasteiger partial charge in [0, 0.05) is 40.8 Å². The molecule has 0 unspecified atom stereocenters. The number of hydrogen-bond donors (Lipinski definition) is 3.